The molecule has 0 spiro atoms. The minimum absolute atomic E-state index is 0.259. The van der Waals surface area contributed by atoms with Gasteiger partial charge >= 0.3 is 0 Å². The second-order valence-corrected chi connectivity index (χ2v) is 8.11. The van der Waals surface area contributed by atoms with E-state index in [0.29, 0.717) is 36.2 Å². The van der Waals surface area contributed by atoms with Gasteiger partial charge < -0.3 is 14.2 Å². The van der Waals surface area contributed by atoms with Gasteiger partial charge in [-0.25, -0.2) is 8.42 Å². The molecule has 1 aromatic heterocycles. The molecule has 2 aliphatic rings. The van der Waals surface area contributed by atoms with E-state index in [2.05, 4.69) is 10.2 Å². The average molecular weight is 377 g/mol. The van der Waals surface area contributed by atoms with Crippen LogP contribution in [0.3, 0.4) is 0 Å². The first-order chi connectivity index (χ1) is 12.6. The van der Waals surface area contributed by atoms with Crippen molar-refractivity contribution in [3.05, 3.63) is 35.9 Å². The van der Waals surface area contributed by atoms with Gasteiger partial charge in [0.15, 0.2) is 0 Å². The quantitative estimate of drug-likeness (QED) is 0.775. The molecular weight excluding hydrogens is 358 g/mol. The molecule has 1 fully saturated rings. The number of aromatic nitrogens is 2. The lowest BCUT2D eigenvalue weighted by Gasteiger charge is -2.17. The maximum absolute atomic E-state index is 12.9. The highest BCUT2D eigenvalue weighted by Gasteiger charge is 2.34. The van der Waals surface area contributed by atoms with E-state index in [1.807, 2.05) is 0 Å². The molecular formula is C17H19N3O5S. The minimum Gasteiger partial charge on any atom is -0.493 e. The Morgan fingerprint density at radius 1 is 1.19 bits per heavy atom. The molecule has 0 N–H and O–H groups in total. The van der Waals surface area contributed by atoms with E-state index in [1.165, 1.54) is 11.4 Å². The molecule has 26 heavy (non-hydrogen) atoms. The first-order valence-corrected chi connectivity index (χ1v) is 9.80. The van der Waals surface area contributed by atoms with Crippen LogP contribution in [0.5, 0.6) is 17.5 Å². The zero-order valence-corrected chi connectivity index (χ0v) is 15.1. The molecule has 1 atom stereocenters. The fraction of sp³-hybridized carbons (Fsp3) is 0.412. The third kappa shape index (κ3) is 3.19. The highest BCUT2D eigenvalue weighted by molar-refractivity contribution is 7.89. The zero-order chi connectivity index (χ0) is 18.1. The molecule has 0 saturated carbocycles. The van der Waals surface area contributed by atoms with Gasteiger partial charge in [0.2, 0.25) is 21.8 Å². The third-order valence-corrected chi connectivity index (χ3v) is 6.38. The molecule has 1 saturated heterocycles. The Labute approximate surface area is 151 Å². The van der Waals surface area contributed by atoms with E-state index in [1.54, 1.807) is 30.3 Å². The van der Waals surface area contributed by atoms with Crippen molar-refractivity contribution < 1.29 is 22.6 Å². The molecule has 9 heteroatoms. The van der Waals surface area contributed by atoms with Crippen LogP contribution in [0.4, 0.5) is 0 Å². The molecule has 2 aromatic rings. The van der Waals surface area contributed by atoms with E-state index >= 15 is 0 Å². The summed E-state index contributed by atoms with van der Waals surface area (Å²) < 4.78 is 43.4. The predicted molar refractivity (Wildman–Crippen MR) is 92.0 cm³/mol. The molecule has 0 amide bonds. The highest BCUT2D eigenvalue weighted by atomic mass is 32.2. The fourth-order valence-corrected chi connectivity index (χ4v) is 4.67. The van der Waals surface area contributed by atoms with E-state index in [0.717, 1.165) is 17.7 Å². The van der Waals surface area contributed by atoms with Crippen LogP contribution in [-0.4, -0.2) is 55.8 Å². The lowest BCUT2D eigenvalue weighted by molar-refractivity contribution is 0.203. The third-order valence-electron chi connectivity index (χ3n) is 4.52. The zero-order valence-electron chi connectivity index (χ0n) is 14.3. The summed E-state index contributed by atoms with van der Waals surface area (Å²) in [6.07, 6.45) is 1.08. The maximum Gasteiger partial charge on any atom is 0.243 e. The van der Waals surface area contributed by atoms with Crippen LogP contribution < -0.4 is 14.2 Å². The van der Waals surface area contributed by atoms with Crippen LogP contribution in [0.1, 0.15) is 12.0 Å². The summed E-state index contributed by atoms with van der Waals surface area (Å²) in [5.74, 6) is 1.52. The molecule has 138 valence electrons. The monoisotopic (exact) mass is 377 g/mol. The van der Waals surface area contributed by atoms with Crippen molar-refractivity contribution in [3.63, 3.8) is 0 Å². The lowest BCUT2D eigenvalue weighted by Crippen LogP contribution is -2.31. The van der Waals surface area contributed by atoms with E-state index < -0.39 is 10.0 Å². The Hall–Kier alpha value is -2.39. The Morgan fingerprint density at radius 3 is 2.77 bits per heavy atom. The van der Waals surface area contributed by atoms with Gasteiger partial charge in [-0.1, -0.05) is 0 Å². The summed E-state index contributed by atoms with van der Waals surface area (Å²) in [6, 6.07) is 8.34. The molecule has 0 bridgehead atoms. The van der Waals surface area contributed by atoms with Crippen LogP contribution in [0.2, 0.25) is 0 Å². The van der Waals surface area contributed by atoms with Crippen molar-refractivity contribution in [2.24, 2.45) is 0 Å². The Bertz CT molecular complexity index is 901. The minimum atomic E-state index is -3.55. The van der Waals surface area contributed by atoms with Crippen molar-refractivity contribution in [2.75, 3.05) is 26.8 Å². The van der Waals surface area contributed by atoms with Crippen molar-refractivity contribution in [3.8, 4) is 17.5 Å². The summed E-state index contributed by atoms with van der Waals surface area (Å²) >= 11 is 0. The summed E-state index contributed by atoms with van der Waals surface area (Å²) in [5.41, 5.74) is 0.937. The number of sulfonamides is 1. The lowest BCUT2D eigenvalue weighted by atomic mass is 10.2. The van der Waals surface area contributed by atoms with Gasteiger partial charge in [-0.05, 0) is 30.2 Å². The fourth-order valence-electron chi connectivity index (χ4n) is 3.13. The number of hydrogen-bond acceptors (Lipinski definition) is 7. The number of methoxy groups -OCH3 is 1. The summed E-state index contributed by atoms with van der Waals surface area (Å²) in [4.78, 5) is 0.298. The first kappa shape index (κ1) is 17.0. The van der Waals surface area contributed by atoms with E-state index in [4.69, 9.17) is 14.2 Å². The molecule has 1 aromatic carbocycles. The Kier molecular flexibility index (Phi) is 4.41. The second kappa shape index (κ2) is 6.73. The van der Waals surface area contributed by atoms with Crippen LogP contribution in [0.25, 0.3) is 0 Å². The van der Waals surface area contributed by atoms with Crippen LogP contribution >= 0.6 is 0 Å². The average Bonchev–Trinajstić information content (AvgIpc) is 3.31. The molecule has 8 nitrogen and oxygen atoms in total. The molecule has 0 radical (unpaired) electrons. The van der Waals surface area contributed by atoms with E-state index in [-0.39, 0.29) is 12.6 Å². The molecule has 3 heterocycles. The summed E-state index contributed by atoms with van der Waals surface area (Å²) in [7, 11) is -2.05. The van der Waals surface area contributed by atoms with Crippen LogP contribution in [-0.2, 0) is 16.4 Å². The van der Waals surface area contributed by atoms with E-state index in [9.17, 15) is 8.42 Å². The SMILES string of the molecule is COc1ccc(O[C@@H]2CCN(S(=O)(=O)c3ccc4c(c3)CCO4)C2)nn1. The van der Waals surface area contributed by atoms with Crippen molar-refractivity contribution >= 4 is 10.0 Å². The highest BCUT2D eigenvalue weighted by Crippen LogP contribution is 2.30. The number of rotatable bonds is 5. The smallest absolute Gasteiger partial charge is 0.243 e. The second-order valence-electron chi connectivity index (χ2n) is 6.17. The van der Waals surface area contributed by atoms with Gasteiger partial charge in [-0.2, -0.15) is 4.31 Å². The molecule has 2 aliphatic heterocycles. The molecule has 0 unspecified atom stereocenters. The molecule has 4 rings (SSSR count). The number of benzene rings is 1. The van der Waals surface area contributed by atoms with Gasteiger partial charge in [-0.3, -0.25) is 0 Å². The first-order valence-electron chi connectivity index (χ1n) is 8.36. The predicted octanol–water partition coefficient (Wildman–Crippen LogP) is 1.26. The number of ether oxygens (including phenoxy) is 3. The van der Waals surface area contributed by atoms with Crippen molar-refractivity contribution in [1.82, 2.24) is 14.5 Å². The number of fused-ring (bicyclic) bond motifs is 1. The normalized spacial score (nSPS) is 19.8. The van der Waals surface area contributed by atoms with Crippen molar-refractivity contribution in [2.45, 2.75) is 23.8 Å². The van der Waals surface area contributed by atoms with Gasteiger partial charge in [0.05, 0.1) is 25.2 Å². The largest absolute Gasteiger partial charge is 0.493 e. The van der Waals surface area contributed by atoms with Gasteiger partial charge in [0, 0.05) is 25.1 Å². The van der Waals surface area contributed by atoms with Crippen LogP contribution in [0, 0.1) is 0 Å². The summed E-state index contributed by atoms with van der Waals surface area (Å²) in [5, 5.41) is 7.77. The maximum atomic E-state index is 12.9. The van der Waals surface area contributed by atoms with Gasteiger partial charge in [0.25, 0.3) is 0 Å². The molecule has 0 aliphatic carbocycles. The van der Waals surface area contributed by atoms with Crippen LogP contribution in [0.15, 0.2) is 35.2 Å². The number of hydrogen-bond donors (Lipinski definition) is 0. The summed E-state index contributed by atoms with van der Waals surface area (Å²) in [6.45, 7) is 1.29. The van der Waals surface area contributed by atoms with Gasteiger partial charge in [0.1, 0.15) is 11.9 Å². The number of nitrogens with zero attached hydrogens (tertiary/aromatic N) is 3. The Balaban J connectivity index is 1.45. The van der Waals surface area contributed by atoms with Crippen molar-refractivity contribution in [1.29, 1.82) is 0 Å². The topological polar surface area (TPSA) is 90.9 Å². The standard InChI is InChI=1S/C17H19N3O5S/c1-23-16-4-5-17(19-18-16)25-13-6-8-20(11-13)26(21,22)14-2-3-15-12(10-14)7-9-24-15/h2-5,10,13H,6-9,11H2,1H3/t13-/m1/s1. The Morgan fingerprint density at radius 2 is 2.00 bits per heavy atom. The van der Waals surface area contributed by atoms with Gasteiger partial charge in [-0.15, -0.1) is 10.2 Å².